The van der Waals surface area contributed by atoms with Crippen molar-refractivity contribution in [3.63, 3.8) is 0 Å². The molecule has 0 saturated heterocycles. The summed E-state index contributed by atoms with van der Waals surface area (Å²) in [6.07, 6.45) is 0. The zero-order chi connectivity index (χ0) is 10.6. The summed E-state index contributed by atoms with van der Waals surface area (Å²) in [5.41, 5.74) is 6.57. The molecule has 80 valence electrons. The molecule has 1 aromatic rings. The quantitative estimate of drug-likeness (QED) is 0.740. The Balaban J connectivity index is 2.39. The Labute approximate surface area is 84.8 Å². The Kier molecular flexibility index (Phi) is 4.10. The van der Waals surface area contributed by atoms with Crippen molar-refractivity contribution in [2.24, 2.45) is 11.7 Å². The van der Waals surface area contributed by atoms with Gasteiger partial charge in [0.05, 0.1) is 5.69 Å². The van der Waals surface area contributed by atoms with Gasteiger partial charge >= 0.3 is 0 Å². The number of hydrogen-bond acceptors (Lipinski definition) is 4. The summed E-state index contributed by atoms with van der Waals surface area (Å²) < 4.78 is 4.97. The summed E-state index contributed by atoms with van der Waals surface area (Å²) in [5, 5.41) is 7.25. The number of hydrogen-bond donors (Lipinski definition) is 2. The van der Waals surface area contributed by atoms with Gasteiger partial charge in [-0.1, -0.05) is 19.0 Å². The molecule has 1 aromatic heterocycles. The molecule has 4 nitrogen and oxygen atoms in total. The summed E-state index contributed by atoms with van der Waals surface area (Å²) in [4.78, 5) is 0. The lowest BCUT2D eigenvalue weighted by Gasteiger charge is -2.19. The van der Waals surface area contributed by atoms with Gasteiger partial charge in [-0.05, 0) is 12.8 Å². The molecular weight excluding hydrogens is 178 g/mol. The molecule has 0 amide bonds. The van der Waals surface area contributed by atoms with E-state index >= 15 is 0 Å². The monoisotopic (exact) mass is 197 g/mol. The highest BCUT2D eigenvalue weighted by atomic mass is 16.5. The van der Waals surface area contributed by atoms with E-state index in [1.54, 1.807) is 0 Å². The molecule has 1 heterocycles. The number of aromatic nitrogens is 1. The van der Waals surface area contributed by atoms with Gasteiger partial charge in [-0.15, -0.1) is 0 Å². The SMILES string of the molecule is Cc1cc(CNC(CN)C(C)C)no1. The van der Waals surface area contributed by atoms with Crippen molar-refractivity contribution in [1.29, 1.82) is 0 Å². The number of aryl methyl sites for hydroxylation is 1. The van der Waals surface area contributed by atoms with E-state index in [-0.39, 0.29) is 0 Å². The van der Waals surface area contributed by atoms with Crippen LogP contribution in [0.2, 0.25) is 0 Å². The van der Waals surface area contributed by atoms with Crippen LogP contribution in [0.5, 0.6) is 0 Å². The second-order valence-electron chi connectivity index (χ2n) is 3.90. The Bertz CT molecular complexity index is 270. The summed E-state index contributed by atoms with van der Waals surface area (Å²) in [6.45, 7) is 7.56. The molecule has 3 N–H and O–H groups in total. The molecule has 4 heteroatoms. The van der Waals surface area contributed by atoms with Crippen molar-refractivity contribution in [2.75, 3.05) is 6.54 Å². The largest absolute Gasteiger partial charge is 0.361 e. The highest BCUT2D eigenvalue weighted by molar-refractivity contribution is 5.03. The molecule has 0 fully saturated rings. The minimum atomic E-state index is 0.340. The van der Waals surface area contributed by atoms with Crippen molar-refractivity contribution in [3.8, 4) is 0 Å². The minimum Gasteiger partial charge on any atom is -0.361 e. The fourth-order valence-electron chi connectivity index (χ4n) is 1.33. The first-order chi connectivity index (χ1) is 6.63. The molecule has 0 spiro atoms. The van der Waals surface area contributed by atoms with E-state index < -0.39 is 0 Å². The fraction of sp³-hybridized carbons (Fsp3) is 0.700. The van der Waals surface area contributed by atoms with Crippen LogP contribution < -0.4 is 11.1 Å². The molecule has 0 aromatic carbocycles. The van der Waals surface area contributed by atoms with Crippen molar-refractivity contribution in [1.82, 2.24) is 10.5 Å². The first-order valence-electron chi connectivity index (χ1n) is 4.99. The average Bonchev–Trinajstić information content (AvgIpc) is 2.52. The van der Waals surface area contributed by atoms with Gasteiger partial charge in [0.15, 0.2) is 0 Å². The Hall–Kier alpha value is -0.870. The second-order valence-corrected chi connectivity index (χ2v) is 3.90. The lowest BCUT2D eigenvalue weighted by Crippen LogP contribution is -2.39. The van der Waals surface area contributed by atoms with Gasteiger partial charge in [-0.3, -0.25) is 0 Å². The first kappa shape index (κ1) is 11.2. The predicted octanol–water partition coefficient (Wildman–Crippen LogP) is 1.06. The molecule has 1 rings (SSSR count). The predicted molar refractivity (Wildman–Crippen MR) is 55.8 cm³/mol. The maximum absolute atomic E-state index is 5.64. The highest BCUT2D eigenvalue weighted by Gasteiger charge is 2.11. The molecule has 1 unspecified atom stereocenters. The molecule has 0 aliphatic rings. The molecule has 0 aliphatic heterocycles. The maximum atomic E-state index is 5.64. The van der Waals surface area contributed by atoms with Crippen LogP contribution in [0.25, 0.3) is 0 Å². The van der Waals surface area contributed by atoms with Crippen molar-refractivity contribution < 1.29 is 4.52 Å². The lowest BCUT2D eigenvalue weighted by molar-refractivity contribution is 0.372. The minimum absolute atomic E-state index is 0.340. The molecular formula is C10H19N3O. The zero-order valence-electron chi connectivity index (χ0n) is 9.08. The van der Waals surface area contributed by atoms with Gasteiger partial charge in [0, 0.05) is 25.2 Å². The van der Waals surface area contributed by atoms with Gasteiger partial charge < -0.3 is 15.6 Å². The normalized spacial score (nSPS) is 13.5. The zero-order valence-corrected chi connectivity index (χ0v) is 9.08. The number of nitrogens with two attached hydrogens (primary N) is 1. The fourth-order valence-corrected chi connectivity index (χ4v) is 1.33. The topological polar surface area (TPSA) is 64.1 Å². The van der Waals surface area contributed by atoms with E-state index in [1.165, 1.54) is 0 Å². The van der Waals surface area contributed by atoms with Gasteiger partial charge in [0.1, 0.15) is 5.76 Å². The average molecular weight is 197 g/mol. The first-order valence-corrected chi connectivity index (χ1v) is 4.99. The van der Waals surface area contributed by atoms with Crippen molar-refractivity contribution in [2.45, 2.75) is 33.4 Å². The Morgan fingerprint density at radius 3 is 2.71 bits per heavy atom. The van der Waals surface area contributed by atoms with Crippen LogP contribution in [0.3, 0.4) is 0 Å². The third-order valence-corrected chi connectivity index (χ3v) is 2.28. The molecule has 0 radical (unpaired) electrons. The Morgan fingerprint density at radius 2 is 2.29 bits per heavy atom. The van der Waals surface area contributed by atoms with Crippen LogP contribution in [0.4, 0.5) is 0 Å². The van der Waals surface area contributed by atoms with E-state index in [1.807, 2.05) is 13.0 Å². The second kappa shape index (κ2) is 5.12. The molecule has 1 atom stereocenters. The third-order valence-electron chi connectivity index (χ3n) is 2.28. The summed E-state index contributed by atoms with van der Waals surface area (Å²) in [6, 6.07) is 2.27. The standard InChI is InChI=1S/C10H19N3O/c1-7(2)10(5-11)12-6-9-4-8(3)14-13-9/h4,7,10,12H,5-6,11H2,1-3H3. The summed E-state index contributed by atoms with van der Waals surface area (Å²) in [7, 11) is 0. The van der Waals surface area contributed by atoms with Crippen LogP contribution in [0, 0.1) is 12.8 Å². The van der Waals surface area contributed by atoms with E-state index in [2.05, 4.69) is 24.3 Å². The van der Waals surface area contributed by atoms with Gasteiger partial charge in [-0.25, -0.2) is 0 Å². The van der Waals surface area contributed by atoms with E-state index in [4.69, 9.17) is 10.3 Å². The molecule has 14 heavy (non-hydrogen) atoms. The molecule has 0 aliphatic carbocycles. The number of nitrogens with zero attached hydrogens (tertiary/aromatic N) is 1. The maximum Gasteiger partial charge on any atom is 0.133 e. The van der Waals surface area contributed by atoms with Crippen molar-refractivity contribution in [3.05, 3.63) is 17.5 Å². The van der Waals surface area contributed by atoms with Gasteiger partial charge in [0.25, 0.3) is 0 Å². The van der Waals surface area contributed by atoms with Crippen LogP contribution in [0.15, 0.2) is 10.6 Å². The molecule has 0 bridgehead atoms. The van der Waals surface area contributed by atoms with Crippen molar-refractivity contribution >= 4 is 0 Å². The van der Waals surface area contributed by atoms with Crippen LogP contribution in [0.1, 0.15) is 25.3 Å². The number of rotatable bonds is 5. The van der Waals surface area contributed by atoms with Gasteiger partial charge in [-0.2, -0.15) is 0 Å². The van der Waals surface area contributed by atoms with Gasteiger partial charge in [0.2, 0.25) is 0 Å². The molecule has 0 saturated carbocycles. The van der Waals surface area contributed by atoms with E-state index in [0.29, 0.717) is 18.5 Å². The van der Waals surface area contributed by atoms with Crippen LogP contribution in [-0.4, -0.2) is 17.7 Å². The van der Waals surface area contributed by atoms with E-state index in [0.717, 1.165) is 18.0 Å². The van der Waals surface area contributed by atoms with E-state index in [9.17, 15) is 0 Å². The summed E-state index contributed by atoms with van der Waals surface area (Å²) in [5.74, 6) is 1.38. The Morgan fingerprint density at radius 1 is 1.57 bits per heavy atom. The highest BCUT2D eigenvalue weighted by Crippen LogP contribution is 2.04. The lowest BCUT2D eigenvalue weighted by atomic mass is 10.0. The number of nitrogens with one attached hydrogen (secondary N) is 1. The third kappa shape index (κ3) is 3.12. The van der Waals surface area contributed by atoms with Crippen LogP contribution >= 0.6 is 0 Å². The summed E-state index contributed by atoms with van der Waals surface area (Å²) >= 11 is 0. The van der Waals surface area contributed by atoms with Crippen LogP contribution in [-0.2, 0) is 6.54 Å². The smallest absolute Gasteiger partial charge is 0.133 e.